The molecule has 0 saturated carbocycles. The van der Waals surface area contributed by atoms with Crippen LogP contribution >= 0.6 is 0 Å². The first-order chi connectivity index (χ1) is 7.70. The largest absolute Gasteiger partial charge is 0.457 e. The van der Waals surface area contributed by atoms with Gasteiger partial charge in [-0.1, -0.05) is 0 Å². The van der Waals surface area contributed by atoms with Crippen LogP contribution in [0.15, 0.2) is 0 Å². The van der Waals surface area contributed by atoms with Gasteiger partial charge in [-0.25, -0.2) is 4.79 Å². The summed E-state index contributed by atoms with van der Waals surface area (Å²) in [6.45, 7) is 3.25. The molecule has 88 valence electrons. The number of ether oxygens (including phenoxy) is 1. The molecule has 1 N–H and O–H groups in total. The average molecular weight is 225 g/mol. The lowest BCUT2D eigenvalue weighted by Crippen LogP contribution is -2.38. The third kappa shape index (κ3) is 2.98. The van der Waals surface area contributed by atoms with Gasteiger partial charge in [-0.05, 0) is 32.9 Å². The van der Waals surface area contributed by atoms with Crippen molar-refractivity contribution in [3.63, 3.8) is 0 Å². The molecule has 16 heavy (non-hydrogen) atoms. The van der Waals surface area contributed by atoms with E-state index in [-0.39, 0.29) is 12.5 Å². The SMILES string of the molecule is CCOC(=O)C(=[N+]=[N-])C(=O)C1CCNCC1. The molecule has 6 heteroatoms. The van der Waals surface area contributed by atoms with E-state index in [4.69, 9.17) is 5.53 Å². The van der Waals surface area contributed by atoms with Gasteiger partial charge in [-0.2, -0.15) is 4.79 Å². The van der Waals surface area contributed by atoms with Crippen LogP contribution in [0.1, 0.15) is 19.8 Å². The van der Waals surface area contributed by atoms with Crippen molar-refractivity contribution in [2.24, 2.45) is 5.92 Å². The zero-order valence-electron chi connectivity index (χ0n) is 9.23. The highest BCUT2D eigenvalue weighted by Gasteiger charge is 2.36. The van der Waals surface area contributed by atoms with Gasteiger partial charge in [-0.15, -0.1) is 0 Å². The Labute approximate surface area is 93.6 Å². The third-order valence-corrected chi connectivity index (χ3v) is 2.51. The lowest BCUT2D eigenvalue weighted by atomic mass is 9.91. The molecule has 0 bridgehead atoms. The molecule has 1 fully saturated rings. The normalized spacial score (nSPS) is 16.3. The number of hydrogen-bond acceptors (Lipinski definition) is 4. The van der Waals surface area contributed by atoms with Gasteiger partial charge in [0.2, 0.25) is 0 Å². The van der Waals surface area contributed by atoms with Crippen LogP contribution in [0, 0.1) is 5.92 Å². The van der Waals surface area contributed by atoms with E-state index in [2.05, 4.69) is 14.8 Å². The lowest BCUT2D eigenvalue weighted by Gasteiger charge is -2.19. The van der Waals surface area contributed by atoms with Crippen LogP contribution in [-0.2, 0) is 14.3 Å². The molecule has 0 amide bonds. The molecule has 1 aliphatic rings. The highest BCUT2D eigenvalue weighted by molar-refractivity contribution is 6.62. The number of Topliss-reactive ketones (excluding diaryl/α,β-unsaturated/α-hetero) is 1. The number of ketones is 1. The zero-order valence-corrected chi connectivity index (χ0v) is 9.23. The molecule has 1 rings (SSSR count). The van der Waals surface area contributed by atoms with Gasteiger partial charge in [0.05, 0.1) is 6.61 Å². The molecule has 0 radical (unpaired) electrons. The molecule has 0 aromatic rings. The number of nitrogens with one attached hydrogen (secondary N) is 1. The second kappa shape index (κ2) is 6.15. The summed E-state index contributed by atoms with van der Waals surface area (Å²) in [5.74, 6) is -1.53. The Morgan fingerprint density at radius 1 is 1.44 bits per heavy atom. The van der Waals surface area contributed by atoms with Gasteiger partial charge in [-0.3, -0.25) is 4.79 Å². The molecule has 6 nitrogen and oxygen atoms in total. The molecule has 0 unspecified atom stereocenters. The van der Waals surface area contributed by atoms with E-state index in [1.165, 1.54) is 0 Å². The number of rotatable bonds is 4. The molecule has 0 aromatic heterocycles. The molecular formula is C10H15N3O3. The number of nitrogens with zero attached hydrogens (tertiary/aromatic N) is 2. The first-order valence-corrected chi connectivity index (χ1v) is 5.34. The Morgan fingerprint density at radius 3 is 2.56 bits per heavy atom. The molecule has 0 spiro atoms. The molecule has 0 aliphatic carbocycles. The summed E-state index contributed by atoms with van der Waals surface area (Å²) in [6.07, 6.45) is 1.30. The average Bonchev–Trinajstić information content (AvgIpc) is 2.31. The minimum absolute atomic E-state index is 0.150. The van der Waals surface area contributed by atoms with E-state index in [9.17, 15) is 9.59 Å². The molecule has 0 atom stereocenters. The van der Waals surface area contributed by atoms with Crippen LogP contribution < -0.4 is 5.32 Å². The second-order valence-electron chi connectivity index (χ2n) is 3.56. The van der Waals surface area contributed by atoms with E-state index in [1.54, 1.807) is 6.92 Å². The Hall–Kier alpha value is -1.52. The van der Waals surface area contributed by atoms with Crippen molar-refractivity contribution in [3.05, 3.63) is 5.53 Å². The van der Waals surface area contributed by atoms with E-state index in [1.807, 2.05) is 0 Å². The summed E-state index contributed by atoms with van der Waals surface area (Å²) in [5.41, 5.74) is 8.18. The van der Waals surface area contributed by atoms with Crippen molar-refractivity contribution in [2.45, 2.75) is 19.8 Å². The van der Waals surface area contributed by atoms with Crippen molar-refractivity contribution < 1.29 is 19.1 Å². The van der Waals surface area contributed by atoms with Crippen molar-refractivity contribution >= 4 is 17.5 Å². The van der Waals surface area contributed by atoms with Crippen LogP contribution in [0.4, 0.5) is 0 Å². The highest BCUT2D eigenvalue weighted by atomic mass is 16.5. The fourth-order valence-corrected chi connectivity index (χ4v) is 1.67. The van der Waals surface area contributed by atoms with E-state index in [0.29, 0.717) is 12.8 Å². The Kier molecular flexibility index (Phi) is 4.82. The molecule has 1 aliphatic heterocycles. The maximum absolute atomic E-state index is 11.8. The maximum Gasteiger partial charge on any atom is 0.441 e. The summed E-state index contributed by atoms with van der Waals surface area (Å²) in [5, 5.41) is 3.11. The zero-order chi connectivity index (χ0) is 12.0. The number of hydrogen-bond donors (Lipinski definition) is 1. The smallest absolute Gasteiger partial charge is 0.441 e. The van der Waals surface area contributed by atoms with Crippen molar-refractivity contribution in [2.75, 3.05) is 19.7 Å². The van der Waals surface area contributed by atoms with Gasteiger partial charge >= 0.3 is 11.7 Å². The van der Waals surface area contributed by atoms with E-state index >= 15 is 0 Å². The van der Waals surface area contributed by atoms with Crippen molar-refractivity contribution in [1.29, 1.82) is 0 Å². The van der Waals surface area contributed by atoms with E-state index < -0.39 is 17.5 Å². The summed E-state index contributed by atoms with van der Waals surface area (Å²) < 4.78 is 4.64. The lowest BCUT2D eigenvalue weighted by molar-refractivity contribution is -0.142. The third-order valence-electron chi connectivity index (χ3n) is 2.51. The first kappa shape index (κ1) is 12.5. The molecule has 1 heterocycles. The molecular weight excluding hydrogens is 210 g/mol. The monoisotopic (exact) mass is 225 g/mol. The van der Waals surface area contributed by atoms with E-state index in [0.717, 1.165) is 13.1 Å². The van der Waals surface area contributed by atoms with Gasteiger partial charge in [0.25, 0.3) is 5.78 Å². The Bertz CT molecular complexity index is 328. The first-order valence-electron chi connectivity index (χ1n) is 5.34. The van der Waals surface area contributed by atoms with Crippen LogP contribution in [-0.4, -0.2) is 42.0 Å². The number of esters is 1. The Balaban J connectivity index is 2.69. The number of carbonyl (C=O) groups is 2. The Morgan fingerprint density at radius 2 is 2.06 bits per heavy atom. The van der Waals surface area contributed by atoms with Crippen molar-refractivity contribution in [3.8, 4) is 0 Å². The minimum atomic E-state index is -0.853. The quantitative estimate of drug-likeness (QED) is 0.235. The minimum Gasteiger partial charge on any atom is -0.457 e. The second-order valence-corrected chi connectivity index (χ2v) is 3.56. The number of piperidine rings is 1. The predicted octanol–water partition coefficient (Wildman–Crippen LogP) is -0.211. The highest BCUT2D eigenvalue weighted by Crippen LogP contribution is 2.13. The predicted molar refractivity (Wildman–Crippen MR) is 55.9 cm³/mol. The number of carbonyl (C=O) groups excluding carboxylic acids is 2. The van der Waals surface area contributed by atoms with Crippen molar-refractivity contribution in [1.82, 2.24) is 5.32 Å². The topological polar surface area (TPSA) is 91.8 Å². The fourth-order valence-electron chi connectivity index (χ4n) is 1.67. The maximum atomic E-state index is 11.8. The molecule has 0 aromatic carbocycles. The summed E-state index contributed by atoms with van der Waals surface area (Å²) in [7, 11) is 0. The summed E-state index contributed by atoms with van der Waals surface area (Å²) in [4.78, 5) is 25.9. The van der Waals surface area contributed by atoms with Crippen LogP contribution in [0.2, 0.25) is 0 Å². The molecule has 1 saturated heterocycles. The standard InChI is InChI=1S/C10H15N3O3/c1-2-16-10(15)8(13-11)9(14)7-3-5-12-6-4-7/h7,12H,2-6H2,1H3. The van der Waals surface area contributed by atoms with Crippen LogP contribution in [0.25, 0.3) is 5.53 Å². The van der Waals surface area contributed by atoms with Gasteiger partial charge in [0, 0.05) is 5.92 Å². The summed E-state index contributed by atoms with van der Waals surface area (Å²) in [6, 6.07) is 0. The van der Waals surface area contributed by atoms with Gasteiger partial charge in [0.1, 0.15) is 0 Å². The van der Waals surface area contributed by atoms with Gasteiger partial charge in [0.15, 0.2) is 0 Å². The van der Waals surface area contributed by atoms with Crippen LogP contribution in [0.5, 0.6) is 0 Å². The fraction of sp³-hybridized carbons (Fsp3) is 0.700. The van der Waals surface area contributed by atoms with Gasteiger partial charge < -0.3 is 15.6 Å². The summed E-state index contributed by atoms with van der Waals surface area (Å²) >= 11 is 0. The van der Waals surface area contributed by atoms with Crippen LogP contribution in [0.3, 0.4) is 0 Å².